The van der Waals surface area contributed by atoms with Crippen molar-refractivity contribution in [1.29, 1.82) is 0 Å². The molecule has 0 aromatic carbocycles. The summed E-state index contributed by atoms with van der Waals surface area (Å²) in [5.41, 5.74) is 5.99. The second kappa shape index (κ2) is 5.71. The van der Waals surface area contributed by atoms with Gasteiger partial charge in [0.05, 0.1) is 6.20 Å². The van der Waals surface area contributed by atoms with Crippen LogP contribution in [-0.2, 0) is 23.1 Å². The molecule has 2 aromatic rings. The van der Waals surface area contributed by atoms with Crippen molar-refractivity contribution in [2.24, 2.45) is 5.73 Å². The fourth-order valence-electron chi connectivity index (χ4n) is 1.56. The summed E-state index contributed by atoms with van der Waals surface area (Å²) in [6.45, 7) is 0.436. The number of thiophene rings is 1. The zero-order valence-corrected chi connectivity index (χ0v) is 13.3. The fourth-order valence-corrected chi connectivity index (χ4v) is 4.41. The van der Waals surface area contributed by atoms with Gasteiger partial charge in [0.25, 0.3) is 10.0 Å². The normalized spacial score (nSPS) is 12.2. The topological polar surface area (TPSA) is 92.1 Å². The summed E-state index contributed by atoms with van der Waals surface area (Å²) in [6, 6.07) is 1.90. The van der Waals surface area contributed by atoms with E-state index in [0.29, 0.717) is 12.1 Å². The number of sulfonamides is 1. The number of hydrogen-bond acceptors (Lipinski definition) is 5. The van der Waals surface area contributed by atoms with Crippen LogP contribution in [0.4, 0.5) is 0 Å². The molecule has 0 amide bonds. The van der Waals surface area contributed by atoms with Gasteiger partial charge in [0.15, 0.2) is 5.03 Å². The predicted octanol–water partition coefficient (Wildman–Crippen LogP) is 1.51. The highest BCUT2D eigenvalue weighted by Gasteiger charge is 2.25. The Bertz CT molecular complexity index is 665. The van der Waals surface area contributed by atoms with Gasteiger partial charge in [-0.3, -0.25) is 5.10 Å². The number of nitrogens with two attached hydrogens (primary N) is 1. The Balaban J connectivity index is 2.24. The maximum absolute atomic E-state index is 12.4. The van der Waals surface area contributed by atoms with E-state index >= 15 is 0 Å². The summed E-state index contributed by atoms with van der Waals surface area (Å²) in [6.07, 6.45) is 1.43. The van der Waals surface area contributed by atoms with Crippen LogP contribution in [0.2, 0.25) is 0 Å². The maximum Gasteiger partial charge on any atom is 0.260 e. The lowest BCUT2D eigenvalue weighted by Crippen LogP contribution is -2.27. The molecule has 0 aliphatic heterocycles. The van der Waals surface area contributed by atoms with Crippen LogP contribution in [0.3, 0.4) is 0 Å². The lowest BCUT2D eigenvalue weighted by atomic mass is 10.4. The van der Waals surface area contributed by atoms with Gasteiger partial charge < -0.3 is 5.73 Å². The molecule has 19 heavy (non-hydrogen) atoms. The molecule has 0 saturated carbocycles. The Morgan fingerprint density at radius 3 is 2.89 bits per heavy atom. The molecule has 2 aromatic heterocycles. The molecule has 2 rings (SSSR count). The highest BCUT2D eigenvalue weighted by Crippen LogP contribution is 2.23. The van der Waals surface area contributed by atoms with Gasteiger partial charge in [0, 0.05) is 40.4 Å². The van der Waals surface area contributed by atoms with E-state index in [0.717, 1.165) is 9.35 Å². The first-order chi connectivity index (χ1) is 8.95. The third-order valence-electron chi connectivity index (χ3n) is 2.57. The average molecular weight is 365 g/mol. The third kappa shape index (κ3) is 3.06. The first-order valence-corrected chi connectivity index (χ1v) is 8.48. The summed E-state index contributed by atoms with van der Waals surface area (Å²) in [5, 5.41) is 8.22. The van der Waals surface area contributed by atoms with Crippen molar-refractivity contribution >= 4 is 37.3 Å². The molecule has 2 heterocycles. The number of rotatable bonds is 5. The lowest BCUT2D eigenvalue weighted by molar-refractivity contribution is 0.465. The first-order valence-electron chi connectivity index (χ1n) is 5.36. The van der Waals surface area contributed by atoms with Gasteiger partial charge >= 0.3 is 0 Å². The van der Waals surface area contributed by atoms with E-state index in [4.69, 9.17) is 5.73 Å². The molecule has 9 heteroatoms. The average Bonchev–Trinajstić information content (AvgIpc) is 2.97. The molecule has 0 radical (unpaired) electrons. The first kappa shape index (κ1) is 14.7. The number of halogens is 1. The van der Waals surface area contributed by atoms with Crippen molar-refractivity contribution in [2.45, 2.75) is 18.1 Å². The Morgan fingerprint density at radius 2 is 2.32 bits per heavy atom. The van der Waals surface area contributed by atoms with Gasteiger partial charge in [-0.2, -0.15) is 9.40 Å². The number of aromatic amines is 1. The Kier molecular flexibility index (Phi) is 4.41. The number of nitrogens with one attached hydrogen (secondary N) is 1. The van der Waals surface area contributed by atoms with Gasteiger partial charge in [-0.15, -0.1) is 11.3 Å². The second-order valence-electron chi connectivity index (χ2n) is 3.92. The fraction of sp³-hybridized carbons (Fsp3) is 0.300. The number of hydrogen-bond donors (Lipinski definition) is 2. The SMILES string of the molecule is CN(Cc1cc(Br)cs1)S(=O)(=O)c1[nH]ncc1CN. The minimum Gasteiger partial charge on any atom is -0.326 e. The second-order valence-corrected chi connectivity index (χ2v) is 7.81. The van der Waals surface area contributed by atoms with Gasteiger partial charge in [0.1, 0.15) is 0 Å². The number of H-pyrrole nitrogens is 1. The minimum atomic E-state index is -3.60. The molecule has 0 fully saturated rings. The molecular formula is C10H13BrN4O2S2. The summed E-state index contributed by atoms with van der Waals surface area (Å²) >= 11 is 4.84. The highest BCUT2D eigenvalue weighted by atomic mass is 79.9. The maximum atomic E-state index is 12.4. The van der Waals surface area contributed by atoms with Gasteiger partial charge in [-0.05, 0) is 22.0 Å². The largest absolute Gasteiger partial charge is 0.326 e. The lowest BCUT2D eigenvalue weighted by Gasteiger charge is -2.15. The standard InChI is InChI=1S/C10H13BrN4O2S2/c1-15(5-9-2-8(11)6-18-9)19(16,17)10-7(3-12)4-13-14-10/h2,4,6H,3,5,12H2,1H3,(H,13,14). The summed E-state index contributed by atoms with van der Waals surface area (Å²) in [7, 11) is -2.07. The summed E-state index contributed by atoms with van der Waals surface area (Å²) in [4.78, 5) is 0.951. The molecule has 0 spiro atoms. The van der Waals surface area contributed by atoms with Crippen molar-refractivity contribution in [3.05, 3.63) is 32.6 Å². The Labute approximate surface area is 123 Å². The summed E-state index contributed by atoms with van der Waals surface area (Å²) < 4.78 is 27.0. The third-order valence-corrected chi connectivity index (χ3v) is 6.07. The molecule has 0 aliphatic carbocycles. The zero-order valence-electron chi connectivity index (χ0n) is 10.1. The Hall–Kier alpha value is -0.740. The van der Waals surface area contributed by atoms with Crippen molar-refractivity contribution in [2.75, 3.05) is 7.05 Å². The van der Waals surface area contributed by atoms with Crippen LogP contribution in [0.5, 0.6) is 0 Å². The molecule has 0 saturated heterocycles. The van der Waals surface area contributed by atoms with E-state index in [-0.39, 0.29) is 11.6 Å². The van der Waals surface area contributed by atoms with Crippen LogP contribution >= 0.6 is 27.3 Å². The van der Waals surface area contributed by atoms with E-state index in [1.807, 2.05) is 11.4 Å². The van der Waals surface area contributed by atoms with Crippen LogP contribution < -0.4 is 5.73 Å². The summed E-state index contributed by atoms with van der Waals surface area (Å²) in [5.74, 6) is 0. The molecule has 0 unspecified atom stereocenters. The van der Waals surface area contributed by atoms with Crippen LogP contribution in [0, 0.1) is 0 Å². The van der Waals surface area contributed by atoms with Gasteiger partial charge in [-0.1, -0.05) is 0 Å². The van der Waals surface area contributed by atoms with Gasteiger partial charge in [-0.25, -0.2) is 8.42 Å². The van der Waals surface area contributed by atoms with Crippen LogP contribution in [0.25, 0.3) is 0 Å². The smallest absolute Gasteiger partial charge is 0.260 e. The molecule has 0 aliphatic rings. The molecule has 0 bridgehead atoms. The van der Waals surface area contributed by atoms with Crippen LogP contribution in [0.1, 0.15) is 10.4 Å². The monoisotopic (exact) mass is 364 g/mol. The van der Waals surface area contributed by atoms with Crippen molar-refractivity contribution < 1.29 is 8.42 Å². The quantitative estimate of drug-likeness (QED) is 0.840. The van der Waals surface area contributed by atoms with Crippen molar-refractivity contribution in [1.82, 2.24) is 14.5 Å². The van der Waals surface area contributed by atoms with Crippen LogP contribution in [0.15, 0.2) is 27.1 Å². The Morgan fingerprint density at radius 1 is 1.58 bits per heavy atom. The zero-order chi connectivity index (χ0) is 14.0. The predicted molar refractivity (Wildman–Crippen MR) is 77.2 cm³/mol. The van der Waals surface area contributed by atoms with E-state index in [1.54, 1.807) is 0 Å². The van der Waals surface area contributed by atoms with E-state index in [9.17, 15) is 8.42 Å². The number of nitrogens with zero attached hydrogens (tertiary/aromatic N) is 2. The molecule has 6 nitrogen and oxygen atoms in total. The molecular weight excluding hydrogens is 352 g/mol. The van der Waals surface area contributed by atoms with E-state index in [2.05, 4.69) is 26.1 Å². The van der Waals surface area contributed by atoms with Crippen molar-refractivity contribution in [3.63, 3.8) is 0 Å². The van der Waals surface area contributed by atoms with Crippen molar-refractivity contribution in [3.8, 4) is 0 Å². The minimum absolute atomic E-state index is 0.0631. The van der Waals surface area contributed by atoms with Gasteiger partial charge in [0.2, 0.25) is 0 Å². The number of aromatic nitrogens is 2. The van der Waals surface area contributed by atoms with E-state index < -0.39 is 10.0 Å². The van der Waals surface area contributed by atoms with E-state index in [1.165, 1.54) is 28.9 Å². The molecule has 3 N–H and O–H groups in total. The highest BCUT2D eigenvalue weighted by molar-refractivity contribution is 9.10. The van der Waals surface area contributed by atoms with Crippen LogP contribution in [-0.4, -0.2) is 30.0 Å². The molecule has 0 atom stereocenters. The molecule has 104 valence electrons.